The summed E-state index contributed by atoms with van der Waals surface area (Å²) in [6.45, 7) is -1.15. The van der Waals surface area contributed by atoms with Crippen molar-refractivity contribution in [2.24, 2.45) is 0 Å². The Labute approximate surface area is 102 Å². The molecule has 0 spiro atoms. The Hall–Kier alpha value is -1.06. The van der Waals surface area contributed by atoms with Crippen molar-refractivity contribution >= 4 is 10.0 Å². The van der Waals surface area contributed by atoms with Crippen LogP contribution < -0.4 is 0 Å². The van der Waals surface area contributed by atoms with E-state index in [1.54, 1.807) is 0 Å². The average Bonchev–Trinajstić information content (AvgIpc) is 2.73. The van der Waals surface area contributed by atoms with Gasteiger partial charge in [-0.2, -0.15) is 17.5 Å². The van der Waals surface area contributed by atoms with Gasteiger partial charge in [0, 0.05) is 6.54 Å². The molecule has 0 fully saturated rings. The highest BCUT2D eigenvalue weighted by atomic mass is 32.2. The first-order chi connectivity index (χ1) is 8.20. The fraction of sp³-hybridized carbons (Fsp3) is 0.556. The van der Waals surface area contributed by atoms with Gasteiger partial charge in [-0.1, -0.05) is 6.92 Å². The first-order valence-electron chi connectivity index (χ1n) is 4.97. The standard InChI is InChI=1S/C9H12F3NO4S/c1-2-13(6-9(10,11)12)18(15,16)8-4-3-7(5-14)17-8/h3-4,14H,2,5-6H2,1H3. The first kappa shape index (κ1) is 15.0. The van der Waals surface area contributed by atoms with Gasteiger partial charge in [0.05, 0.1) is 0 Å². The molecule has 0 aromatic carbocycles. The van der Waals surface area contributed by atoms with Crippen LogP contribution in [0.25, 0.3) is 0 Å². The lowest BCUT2D eigenvalue weighted by Gasteiger charge is -2.20. The van der Waals surface area contributed by atoms with Gasteiger partial charge in [-0.25, -0.2) is 8.42 Å². The zero-order valence-corrected chi connectivity index (χ0v) is 10.3. The smallest absolute Gasteiger partial charge is 0.402 e. The van der Waals surface area contributed by atoms with Crippen molar-refractivity contribution in [3.8, 4) is 0 Å². The Kier molecular flexibility index (Phi) is 4.41. The van der Waals surface area contributed by atoms with Crippen LogP contribution in [0.15, 0.2) is 21.6 Å². The molecule has 104 valence electrons. The summed E-state index contributed by atoms with van der Waals surface area (Å²) in [5, 5.41) is 8.10. The number of rotatable bonds is 5. The van der Waals surface area contributed by atoms with Gasteiger partial charge in [0.1, 0.15) is 18.9 Å². The number of aliphatic hydroxyl groups excluding tert-OH is 1. The molecule has 0 aliphatic rings. The number of furan rings is 1. The van der Waals surface area contributed by atoms with Crippen LogP contribution in [-0.4, -0.2) is 37.1 Å². The predicted molar refractivity (Wildman–Crippen MR) is 55.1 cm³/mol. The fourth-order valence-electron chi connectivity index (χ4n) is 1.28. The summed E-state index contributed by atoms with van der Waals surface area (Å²) in [6.07, 6.45) is -4.63. The Morgan fingerprint density at radius 2 is 2.00 bits per heavy atom. The Morgan fingerprint density at radius 3 is 2.39 bits per heavy atom. The van der Waals surface area contributed by atoms with Crippen LogP contribution in [0.1, 0.15) is 12.7 Å². The van der Waals surface area contributed by atoms with Crippen molar-refractivity contribution in [3.63, 3.8) is 0 Å². The molecular formula is C9H12F3NO4S. The Bertz CT molecular complexity index is 494. The highest BCUT2D eigenvalue weighted by Crippen LogP contribution is 2.23. The fourth-order valence-corrected chi connectivity index (χ4v) is 2.64. The van der Waals surface area contributed by atoms with Crippen molar-refractivity contribution in [3.05, 3.63) is 17.9 Å². The maximum absolute atomic E-state index is 12.2. The molecule has 9 heteroatoms. The van der Waals surface area contributed by atoms with E-state index in [1.165, 1.54) is 13.0 Å². The van der Waals surface area contributed by atoms with Gasteiger partial charge in [-0.3, -0.25) is 0 Å². The summed E-state index contributed by atoms with van der Waals surface area (Å²) in [6, 6.07) is 2.20. The molecule has 0 saturated heterocycles. The van der Waals surface area contributed by atoms with E-state index in [-0.39, 0.29) is 16.6 Å². The van der Waals surface area contributed by atoms with Crippen molar-refractivity contribution in [2.45, 2.75) is 24.8 Å². The van der Waals surface area contributed by atoms with Crippen LogP contribution in [0.2, 0.25) is 0 Å². The number of hydrogen-bond acceptors (Lipinski definition) is 4. The van der Waals surface area contributed by atoms with Gasteiger partial charge in [-0.05, 0) is 12.1 Å². The van der Waals surface area contributed by atoms with Gasteiger partial charge < -0.3 is 9.52 Å². The summed E-state index contributed by atoms with van der Waals surface area (Å²) in [7, 11) is -4.34. The lowest BCUT2D eigenvalue weighted by atomic mass is 10.5. The van der Waals surface area contributed by atoms with Crippen molar-refractivity contribution in [2.75, 3.05) is 13.1 Å². The summed E-state index contributed by atoms with van der Waals surface area (Å²) < 4.78 is 65.3. The molecule has 1 aromatic heterocycles. The molecule has 1 aromatic rings. The SMILES string of the molecule is CCN(CC(F)(F)F)S(=O)(=O)c1ccc(CO)o1. The second kappa shape index (κ2) is 5.29. The molecule has 0 aliphatic heterocycles. The summed E-state index contributed by atoms with van der Waals surface area (Å²) in [5.74, 6) is -0.0309. The molecule has 0 amide bonds. The van der Waals surface area contributed by atoms with Gasteiger partial charge in [0.15, 0.2) is 0 Å². The molecule has 0 atom stereocenters. The predicted octanol–water partition coefficient (Wildman–Crippen LogP) is 1.34. The normalized spacial score (nSPS) is 13.2. The number of hydrogen-bond donors (Lipinski definition) is 1. The highest BCUT2D eigenvalue weighted by Gasteiger charge is 2.37. The molecule has 0 bridgehead atoms. The number of alkyl halides is 3. The molecule has 18 heavy (non-hydrogen) atoms. The average molecular weight is 287 g/mol. The largest absolute Gasteiger partial charge is 0.446 e. The van der Waals surface area contributed by atoms with Crippen LogP contribution in [0, 0.1) is 0 Å². The third-order valence-electron chi connectivity index (χ3n) is 2.10. The Morgan fingerprint density at radius 1 is 1.39 bits per heavy atom. The lowest BCUT2D eigenvalue weighted by Crippen LogP contribution is -2.38. The summed E-state index contributed by atoms with van der Waals surface area (Å²) in [5.41, 5.74) is 0. The molecule has 0 radical (unpaired) electrons. The van der Waals surface area contributed by atoms with Gasteiger partial charge in [-0.15, -0.1) is 0 Å². The van der Waals surface area contributed by atoms with Crippen LogP contribution in [0.5, 0.6) is 0 Å². The zero-order chi connectivity index (χ0) is 14.0. The minimum Gasteiger partial charge on any atom is -0.446 e. The van der Waals surface area contributed by atoms with Crippen molar-refractivity contribution in [1.82, 2.24) is 4.31 Å². The van der Waals surface area contributed by atoms with Crippen LogP contribution in [0.4, 0.5) is 13.2 Å². The quantitative estimate of drug-likeness (QED) is 0.887. The van der Waals surface area contributed by atoms with Gasteiger partial charge in [0.25, 0.3) is 10.0 Å². The van der Waals surface area contributed by atoms with E-state index >= 15 is 0 Å². The van der Waals surface area contributed by atoms with E-state index in [1.807, 2.05) is 0 Å². The topological polar surface area (TPSA) is 70.8 Å². The van der Waals surface area contributed by atoms with Crippen LogP contribution in [-0.2, 0) is 16.6 Å². The lowest BCUT2D eigenvalue weighted by molar-refractivity contribution is -0.135. The minimum atomic E-state index is -4.63. The molecule has 0 saturated carbocycles. The third-order valence-corrected chi connectivity index (χ3v) is 3.89. The highest BCUT2D eigenvalue weighted by molar-refractivity contribution is 7.89. The molecule has 1 rings (SSSR count). The van der Waals surface area contributed by atoms with Crippen LogP contribution in [0.3, 0.4) is 0 Å². The van der Waals surface area contributed by atoms with Crippen LogP contribution >= 0.6 is 0 Å². The second-order valence-electron chi connectivity index (χ2n) is 3.43. The monoisotopic (exact) mass is 287 g/mol. The summed E-state index contributed by atoms with van der Waals surface area (Å²) in [4.78, 5) is 0. The Balaban J connectivity index is 3.03. The van der Waals surface area contributed by atoms with E-state index in [2.05, 4.69) is 0 Å². The maximum atomic E-state index is 12.2. The number of nitrogens with zero attached hydrogens (tertiary/aromatic N) is 1. The third kappa shape index (κ3) is 3.47. The van der Waals surface area contributed by atoms with Gasteiger partial charge >= 0.3 is 6.18 Å². The number of aliphatic hydroxyl groups is 1. The van der Waals surface area contributed by atoms with E-state index in [4.69, 9.17) is 9.52 Å². The molecular weight excluding hydrogens is 275 g/mol. The van der Waals surface area contributed by atoms with Gasteiger partial charge in [0.2, 0.25) is 5.09 Å². The first-order valence-corrected chi connectivity index (χ1v) is 6.41. The summed E-state index contributed by atoms with van der Waals surface area (Å²) >= 11 is 0. The molecule has 0 aliphatic carbocycles. The number of sulfonamides is 1. The van der Waals surface area contributed by atoms with E-state index in [0.717, 1.165) is 6.07 Å². The minimum absolute atomic E-state index is 0.0309. The second-order valence-corrected chi connectivity index (χ2v) is 5.29. The molecule has 1 N–H and O–H groups in total. The van der Waals surface area contributed by atoms with E-state index < -0.39 is 34.4 Å². The van der Waals surface area contributed by atoms with Crippen molar-refractivity contribution in [1.29, 1.82) is 0 Å². The molecule has 0 unspecified atom stereocenters. The van der Waals surface area contributed by atoms with Crippen molar-refractivity contribution < 1.29 is 31.1 Å². The number of halogens is 3. The van der Waals surface area contributed by atoms with E-state index in [9.17, 15) is 21.6 Å². The molecule has 5 nitrogen and oxygen atoms in total. The zero-order valence-electron chi connectivity index (χ0n) is 9.44. The maximum Gasteiger partial charge on any atom is 0.402 e. The molecule has 1 heterocycles. The van der Waals surface area contributed by atoms with E-state index in [0.29, 0.717) is 0 Å².